The summed E-state index contributed by atoms with van der Waals surface area (Å²) in [7, 11) is 2.99. The lowest BCUT2D eigenvalue weighted by atomic mass is 9.89. The van der Waals surface area contributed by atoms with E-state index in [2.05, 4.69) is 10.3 Å². The highest BCUT2D eigenvalue weighted by atomic mass is 32.2. The fraction of sp³-hybridized carbons (Fsp3) is 0.300. The molecule has 1 heterocycles. The molecule has 3 rings (SSSR count). The third kappa shape index (κ3) is 4.22. The minimum atomic E-state index is -0.554. The van der Waals surface area contributed by atoms with Gasteiger partial charge in [0.1, 0.15) is 17.3 Å². The Kier molecular flexibility index (Phi) is 5.79. The lowest BCUT2D eigenvalue weighted by molar-refractivity contribution is 0.102. The SMILES string of the molecule is COc1cc(OC)cc(C(=O)Nc2cc(C3(C)CCSC(N)=N3)ccc2F)c1. The van der Waals surface area contributed by atoms with Crippen molar-refractivity contribution in [1.82, 2.24) is 0 Å². The molecule has 6 nitrogen and oxygen atoms in total. The van der Waals surface area contributed by atoms with E-state index < -0.39 is 17.3 Å². The van der Waals surface area contributed by atoms with Gasteiger partial charge in [-0.15, -0.1) is 0 Å². The molecule has 0 aliphatic carbocycles. The first-order valence-corrected chi connectivity index (χ1v) is 9.66. The molecule has 1 atom stereocenters. The molecule has 148 valence electrons. The number of ether oxygens (including phenoxy) is 2. The Bertz CT molecular complexity index is 913. The Morgan fingerprint density at radius 3 is 2.50 bits per heavy atom. The number of hydrogen-bond acceptors (Lipinski definition) is 6. The smallest absolute Gasteiger partial charge is 0.256 e. The van der Waals surface area contributed by atoms with Gasteiger partial charge in [0.15, 0.2) is 5.17 Å². The van der Waals surface area contributed by atoms with Crippen LogP contribution in [-0.2, 0) is 5.54 Å². The van der Waals surface area contributed by atoms with Crippen LogP contribution in [0.5, 0.6) is 11.5 Å². The van der Waals surface area contributed by atoms with Crippen LogP contribution < -0.4 is 20.5 Å². The van der Waals surface area contributed by atoms with E-state index >= 15 is 0 Å². The maximum Gasteiger partial charge on any atom is 0.256 e. The van der Waals surface area contributed by atoms with Gasteiger partial charge in [-0.05, 0) is 43.2 Å². The summed E-state index contributed by atoms with van der Waals surface area (Å²) in [5.74, 6) is 0.763. The number of amides is 1. The van der Waals surface area contributed by atoms with Crippen molar-refractivity contribution in [3.63, 3.8) is 0 Å². The van der Waals surface area contributed by atoms with E-state index in [0.29, 0.717) is 22.2 Å². The number of nitrogens with zero attached hydrogens (tertiary/aromatic N) is 1. The van der Waals surface area contributed by atoms with E-state index in [1.165, 1.54) is 32.0 Å². The molecule has 1 aliphatic heterocycles. The summed E-state index contributed by atoms with van der Waals surface area (Å²) in [4.78, 5) is 17.2. The Morgan fingerprint density at radius 1 is 1.21 bits per heavy atom. The molecule has 0 radical (unpaired) electrons. The van der Waals surface area contributed by atoms with Gasteiger partial charge in [0.2, 0.25) is 0 Å². The van der Waals surface area contributed by atoms with Crippen molar-refractivity contribution in [3.8, 4) is 11.5 Å². The summed E-state index contributed by atoms with van der Waals surface area (Å²) < 4.78 is 24.7. The van der Waals surface area contributed by atoms with Crippen LogP contribution in [0.25, 0.3) is 0 Å². The summed E-state index contributed by atoms with van der Waals surface area (Å²) >= 11 is 1.50. The fourth-order valence-electron chi connectivity index (χ4n) is 2.98. The monoisotopic (exact) mass is 403 g/mol. The molecule has 0 saturated carbocycles. The second-order valence-corrected chi connectivity index (χ2v) is 7.69. The molecule has 1 unspecified atom stereocenters. The molecule has 28 heavy (non-hydrogen) atoms. The van der Waals surface area contributed by atoms with Gasteiger partial charge in [0, 0.05) is 17.4 Å². The number of carbonyl (C=O) groups is 1. The molecule has 1 aliphatic rings. The molecule has 8 heteroatoms. The first kappa shape index (κ1) is 20.0. The van der Waals surface area contributed by atoms with Crippen LogP contribution in [0, 0.1) is 5.82 Å². The zero-order valence-electron chi connectivity index (χ0n) is 15.9. The van der Waals surface area contributed by atoms with Crippen molar-refractivity contribution >= 4 is 28.5 Å². The summed E-state index contributed by atoms with van der Waals surface area (Å²) in [5.41, 5.74) is 6.48. The van der Waals surface area contributed by atoms with Crippen molar-refractivity contribution in [2.24, 2.45) is 10.7 Å². The maximum atomic E-state index is 14.4. The van der Waals surface area contributed by atoms with E-state index in [0.717, 1.165) is 17.7 Å². The van der Waals surface area contributed by atoms with Gasteiger partial charge in [-0.25, -0.2) is 4.39 Å². The van der Waals surface area contributed by atoms with Gasteiger partial charge in [-0.3, -0.25) is 9.79 Å². The summed E-state index contributed by atoms with van der Waals surface area (Å²) in [6.45, 7) is 1.95. The highest BCUT2D eigenvalue weighted by molar-refractivity contribution is 8.13. The second-order valence-electron chi connectivity index (χ2n) is 6.57. The second kappa shape index (κ2) is 8.10. The van der Waals surface area contributed by atoms with Crippen LogP contribution >= 0.6 is 11.8 Å². The average molecular weight is 403 g/mol. The number of nitrogens with one attached hydrogen (secondary N) is 1. The predicted molar refractivity (Wildman–Crippen MR) is 110 cm³/mol. The van der Waals surface area contributed by atoms with Gasteiger partial charge in [-0.2, -0.15) is 0 Å². The largest absolute Gasteiger partial charge is 0.497 e. The Morgan fingerprint density at radius 2 is 1.89 bits per heavy atom. The molecule has 0 spiro atoms. The predicted octanol–water partition coefficient (Wildman–Crippen LogP) is 3.76. The van der Waals surface area contributed by atoms with Crippen LogP contribution in [0.3, 0.4) is 0 Å². The van der Waals surface area contributed by atoms with Crippen molar-refractivity contribution in [3.05, 3.63) is 53.3 Å². The number of halogens is 1. The number of carbonyl (C=O) groups excluding carboxylic acids is 1. The third-order valence-corrected chi connectivity index (χ3v) is 5.44. The Hall–Kier alpha value is -2.74. The third-order valence-electron chi connectivity index (χ3n) is 4.65. The van der Waals surface area contributed by atoms with Crippen LogP contribution in [-0.4, -0.2) is 31.0 Å². The summed E-state index contributed by atoms with van der Waals surface area (Å²) in [6, 6.07) is 9.39. The van der Waals surface area contributed by atoms with Crippen LogP contribution in [0.15, 0.2) is 41.4 Å². The standard InChI is InChI=1S/C20H22FN3O3S/c1-20(6-7-28-19(22)24-20)13-4-5-16(21)17(10-13)23-18(25)12-8-14(26-2)11-15(9-12)27-3/h4-5,8-11H,6-7H2,1-3H3,(H2,22,24)(H,23,25). The van der Waals surface area contributed by atoms with Gasteiger partial charge in [0.05, 0.1) is 25.4 Å². The number of anilines is 1. The molecule has 3 N–H and O–H groups in total. The van der Waals surface area contributed by atoms with E-state index in [9.17, 15) is 9.18 Å². The highest BCUT2D eigenvalue weighted by Gasteiger charge is 2.30. The number of methoxy groups -OCH3 is 2. The molecular formula is C20H22FN3O3S. The van der Waals surface area contributed by atoms with Crippen LogP contribution in [0.4, 0.5) is 10.1 Å². The molecular weight excluding hydrogens is 381 g/mol. The minimum Gasteiger partial charge on any atom is -0.497 e. The number of amidine groups is 1. The first-order chi connectivity index (χ1) is 13.3. The van der Waals surface area contributed by atoms with Crippen LogP contribution in [0.1, 0.15) is 29.3 Å². The highest BCUT2D eigenvalue weighted by Crippen LogP contribution is 2.36. The molecule has 1 amide bonds. The lowest BCUT2D eigenvalue weighted by Gasteiger charge is -2.30. The number of thioether (sulfide) groups is 1. The molecule has 0 fully saturated rings. The van der Waals surface area contributed by atoms with Crippen LogP contribution in [0.2, 0.25) is 0 Å². The number of nitrogens with two attached hydrogens (primary N) is 1. The molecule has 0 bridgehead atoms. The van der Waals surface area contributed by atoms with Crippen molar-refractivity contribution in [1.29, 1.82) is 0 Å². The molecule has 2 aromatic carbocycles. The summed E-state index contributed by atoms with van der Waals surface area (Å²) in [5, 5.41) is 3.13. The zero-order chi connectivity index (χ0) is 20.3. The summed E-state index contributed by atoms with van der Waals surface area (Å²) in [6.07, 6.45) is 0.768. The number of hydrogen-bond donors (Lipinski definition) is 2. The van der Waals surface area contributed by atoms with Crippen molar-refractivity contribution in [2.45, 2.75) is 18.9 Å². The van der Waals surface area contributed by atoms with Gasteiger partial charge in [-0.1, -0.05) is 17.8 Å². The number of rotatable bonds is 5. The van der Waals surface area contributed by atoms with E-state index in [1.807, 2.05) is 6.92 Å². The molecule has 0 aromatic heterocycles. The Labute approximate surface area is 167 Å². The maximum absolute atomic E-state index is 14.4. The van der Waals surface area contributed by atoms with E-state index in [-0.39, 0.29) is 5.69 Å². The average Bonchev–Trinajstić information content (AvgIpc) is 2.68. The normalized spacial score (nSPS) is 18.9. The quantitative estimate of drug-likeness (QED) is 0.794. The molecule has 0 saturated heterocycles. The lowest BCUT2D eigenvalue weighted by Crippen LogP contribution is -2.29. The number of benzene rings is 2. The first-order valence-electron chi connectivity index (χ1n) is 8.67. The van der Waals surface area contributed by atoms with Crippen molar-refractivity contribution < 1.29 is 18.7 Å². The topological polar surface area (TPSA) is 85.9 Å². The van der Waals surface area contributed by atoms with Crippen molar-refractivity contribution in [2.75, 3.05) is 25.3 Å². The van der Waals surface area contributed by atoms with Gasteiger partial charge < -0.3 is 20.5 Å². The number of aliphatic imine (C=N–C) groups is 1. The van der Waals surface area contributed by atoms with Gasteiger partial charge in [0.25, 0.3) is 5.91 Å². The fourth-order valence-corrected chi connectivity index (χ4v) is 3.96. The van der Waals surface area contributed by atoms with E-state index in [1.54, 1.807) is 30.3 Å². The molecule has 2 aromatic rings. The minimum absolute atomic E-state index is 0.0810. The Balaban J connectivity index is 1.90. The van der Waals surface area contributed by atoms with Gasteiger partial charge >= 0.3 is 0 Å². The van der Waals surface area contributed by atoms with E-state index in [4.69, 9.17) is 15.2 Å². The zero-order valence-corrected chi connectivity index (χ0v) is 16.7.